The standard InChI is InChI=1S/C12H14ClFN4/c1-2-18-7-8(6-16-18)12(17-15)10-4-3-9(13)5-11(10)14/h3-7,12,17H,2,15H2,1H3. The molecular formula is C12H14ClFN4. The highest BCUT2D eigenvalue weighted by molar-refractivity contribution is 6.30. The second-order valence-corrected chi connectivity index (χ2v) is 4.33. The molecule has 6 heteroatoms. The molecule has 0 aliphatic rings. The zero-order valence-electron chi connectivity index (χ0n) is 9.90. The van der Waals surface area contributed by atoms with Crippen LogP contribution in [-0.2, 0) is 6.54 Å². The lowest BCUT2D eigenvalue weighted by Crippen LogP contribution is -2.29. The van der Waals surface area contributed by atoms with Crippen molar-refractivity contribution in [3.8, 4) is 0 Å². The first-order valence-electron chi connectivity index (χ1n) is 5.59. The highest BCUT2D eigenvalue weighted by atomic mass is 35.5. The van der Waals surface area contributed by atoms with Crippen molar-refractivity contribution >= 4 is 11.6 Å². The largest absolute Gasteiger partial charge is 0.273 e. The van der Waals surface area contributed by atoms with Crippen molar-refractivity contribution in [2.75, 3.05) is 0 Å². The highest BCUT2D eigenvalue weighted by Gasteiger charge is 2.18. The van der Waals surface area contributed by atoms with E-state index in [1.807, 2.05) is 13.1 Å². The molecule has 4 nitrogen and oxygen atoms in total. The fraction of sp³-hybridized carbons (Fsp3) is 0.250. The van der Waals surface area contributed by atoms with Gasteiger partial charge in [-0.2, -0.15) is 5.10 Å². The number of halogens is 2. The molecule has 0 saturated carbocycles. The molecule has 1 atom stereocenters. The van der Waals surface area contributed by atoms with Gasteiger partial charge in [0.1, 0.15) is 5.82 Å². The number of benzene rings is 1. The van der Waals surface area contributed by atoms with Gasteiger partial charge in [0, 0.05) is 28.9 Å². The maximum Gasteiger partial charge on any atom is 0.129 e. The fourth-order valence-corrected chi connectivity index (χ4v) is 1.96. The van der Waals surface area contributed by atoms with Gasteiger partial charge in [0.2, 0.25) is 0 Å². The van der Waals surface area contributed by atoms with Crippen LogP contribution in [-0.4, -0.2) is 9.78 Å². The predicted molar refractivity (Wildman–Crippen MR) is 68.5 cm³/mol. The summed E-state index contributed by atoms with van der Waals surface area (Å²) in [6.45, 7) is 2.73. The van der Waals surface area contributed by atoms with E-state index < -0.39 is 11.9 Å². The quantitative estimate of drug-likeness (QED) is 0.661. The number of nitrogens with one attached hydrogen (secondary N) is 1. The van der Waals surface area contributed by atoms with E-state index in [1.165, 1.54) is 6.07 Å². The number of hydrogen-bond donors (Lipinski definition) is 2. The maximum absolute atomic E-state index is 13.9. The SMILES string of the molecule is CCn1cc(C(NN)c2ccc(Cl)cc2F)cn1. The van der Waals surface area contributed by atoms with E-state index in [4.69, 9.17) is 17.4 Å². The van der Waals surface area contributed by atoms with E-state index in [0.29, 0.717) is 10.6 Å². The third-order valence-corrected chi connectivity index (χ3v) is 2.99. The van der Waals surface area contributed by atoms with Crippen molar-refractivity contribution in [2.45, 2.75) is 19.5 Å². The van der Waals surface area contributed by atoms with E-state index in [2.05, 4.69) is 10.5 Å². The molecule has 0 spiro atoms. The van der Waals surface area contributed by atoms with Gasteiger partial charge in [0.05, 0.1) is 12.2 Å². The second-order valence-electron chi connectivity index (χ2n) is 3.89. The Hall–Kier alpha value is -1.43. The Labute approximate surface area is 110 Å². The van der Waals surface area contributed by atoms with Crippen molar-refractivity contribution in [1.29, 1.82) is 0 Å². The first-order valence-corrected chi connectivity index (χ1v) is 5.97. The van der Waals surface area contributed by atoms with Gasteiger partial charge < -0.3 is 0 Å². The van der Waals surface area contributed by atoms with Crippen molar-refractivity contribution in [2.24, 2.45) is 5.84 Å². The van der Waals surface area contributed by atoms with Gasteiger partial charge in [-0.25, -0.2) is 9.82 Å². The van der Waals surface area contributed by atoms with Crippen molar-refractivity contribution in [3.05, 3.63) is 52.6 Å². The average molecular weight is 269 g/mol. The molecule has 0 radical (unpaired) electrons. The van der Waals surface area contributed by atoms with E-state index >= 15 is 0 Å². The number of hydrogen-bond acceptors (Lipinski definition) is 3. The Bertz CT molecular complexity index is 541. The number of hydrazine groups is 1. The van der Waals surface area contributed by atoms with Crippen LogP contribution in [0.4, 0.5) is 4.39 Å². The molecule has 0 fully saturated rings. The molecule has 1 unspecified atom stereocenters. The Morgan fingerprint density at radius 3 is 2.89 bits per heavy atom. The van der Waals surface area contributed by atoms with Crippen LogP contribution in [0.25, 0.3) is 0 Å². The first-order chi connectivity index (χ1) is 8.65. The van der Waals surface area contributed by atoms with Gasteiger partial charge in [-0.05, 0) is 19.1 Å². The van der Waals surface area contributed by atoms with Crippen LogP contribution in [0, 0.1) is 5.82 Å². The van der Waals surface area contributed by atoms with Crippen molar-refractivity contribution in [3.63, 3.8) is 0 Å². The van der Waals surface area contributed by atoms with Gasteiger partial charge in [-0.15, -0.1) is 0 Å². The fourth-order valence-electron chi connectivity index (χ4n) is 1.80. The van der Waals surface area contributed by atoms with Crippen LogP contribution in [0.15, 0.2) is 30.6 Å². The van der Waals surface area contributed by atoms with Gasteiger partial charge in [-0.3, -0.25) is 10.5 Å². The third kappa shape index (κ3) is 2.53. The molecule has 96 valence electrons. The smallest absolute Gasteiger partial charge is 0.129 e. The monoisotopic (exact) mass is 268 g/mol. The summed E-state index contributed by atoms with van der Waals surface area (Å²) in [4.78, 5) is 0. The number of aromatic nitrogens is 2. The summed E-state index contributed by atoms with van der Waals surface area (Å²) in [6, 6.07) is 4.08. The molecular weight excluding hydrogens is 255 g/mol. The van der Waals surface area contributed by atoms with E-state index in [9.17, 15) is 4.39 Å². The summed E-state index contributed by atoms with van der Waals surface area (Å²) >= 11 is 5.73. The molecule has 1 heterocycles. The molecule has 0 aliphatic heterocycles. The van der Waals surface area contributed by atoms with E-state index in [-0.39, 0.29) is 0 Å². The van der Waals surface area contributed by atoms with Crippen LogP contribution in [0.2, 0.25) is 5.02 Å². The Kier molecular flexibility index (Phi) is 3.96. The predicted octanol–water partition coefficient (Wildman–Crippen LogP) is 2.25. The van der Waals surface area contributed by atoms with E-state index in [1.54, 1.807) is 23.0 Å². The maximum atomic E-state index is 13.9. The van der Waals surface area contributed by atoms with Crippen molar-refractivity contribution < 1.29 is 4.39 Å². The molecule has 0 amide bonds. The third-order valence-electron chi connectivity index (χ3n) is 2.75. The highest BCUT2D eigenvalue weighted by Crippen LogP contribution is 2.25. The minimum atomic E-state index is -0.442. The van der Waals surface area contributed by atoms with Gasteiger partial charge in [-0.1, -0.05) is 17.7 Å². The molecule has 18 heavy (non-hydrogen) atoms. The zero-order valence-corrected chi connectivity index (χ0v) is 10.7. The topological polar surface area (TPSA) is 55.9 Å². The molecule has 0 aliphatic carbocycles. The van der Waals surface area contributed by atoms with E-state index in [0.717, 1.165) is 12.1 Å². The first kappa shape index (κ1) is 13.0. The Morgan fingerprint density at radius 2 is 2.33 bits per heavy atom. The summed E-state index contributed by atoms with van der Waals surface area (Å²) in [5.41, 5.74) is 3.84. The van der Waals surface area contributed by atoms with Crippen LogP contribution in [0.1, 0.15) is 24.1 Å². The lowest BCUT2D eigenvalue weighted by Gasteiger charge is -2.15. The van der Waals surface area contributed by atoms with Crippen LogP contribution < -0.4 is 11.3 Å². The van der Waals surface area contributed by atoms with Gasteiger partial charge in [0.15, 0.2) is 0 Å². The van der Waals surface area contributed by atoms with Crippen LogP contribution in [0.5, 0.6) is 0 Å². The number of nitrogens with zero attached hydrogens (tertiary/aromatic N) is 2. The minimum Gasteiger partial charge on any atom is -0.273 e. The second kappa shape index (κ2) is 5.48. The normalized spacial score (nSPS) is 12.7. The average Bonchev–Trinajstić information content (AvgIpc) is 2.81. The molecule has 0 saturated heterocycles. The van der Waals surface area contributed by atoms with Crippen LogP contribution >= 0.6 is 11.6 Å². The zero-order chi connectivity index (χ0) is 13.1. The number of nitrogens with two attached hydrogens (primary N) is 1. The molecule has 3 N–H and O–H groups in total. The molecule has 1 aromatic carbocycles. The summed E-state index contributed by atoms with van der Waals surface area (Å²) in [6.07, 6.45) is 3.50. The Morgan fingerprint density at radius 1 is 1.56 bits per heavy atom. The summed E-state index contributed by atoms with van der Waals surface area (Å²) in [5, 5.41) is 4.51. The molecule has 2 aromatic rings. The van der Waals surface area contributed by atoms with Crippen molar-refractivity contribution in [1.82, 2.24) is 15.2 Å². The lowest BCUT2D eigenvalue weighted by atomic mass is 10.0. The summed E-state index contributed by atoms with van der Waals surface area (Å²) in [7, 11) is 0. The number of aryl methyl sites for hydroxylation is 1. The minimum absolute atomic E-state index is 0.358. The van der Waals surface area contributed by atoms with Gasteiger partial charge >= 0.3 is 0 Å². The van der Waals surface area contributed by atoms with Crippen LogP contribution in [0.3, 0.4) is 0 Å². The summed E-state index contributed by atoms with van der Waals surface area (Å²) in [5.74, 6) is 5.11. The Balaban J connectivity index is 2.38. The lowest BCUT2D eigenvalue weighted by molar-refractivity contribution is 0.559. The molecule has 1 aromatic heterocycles. The number of rotatable bonds is 4. The molecule has 2 rings (SSSR count). The summed E-state index contributed by atoms with van der Waals surface area (Å²) < 4.78 is 15.6. The molecule has 0 bridgehead atoms. The van der Waals surface area contributed by atoms with Gasteiger partial charge in [0.25, 0.3) is 0 Å².